The number of ether oxygens (including phenoxy) is 2. The zero-order chi connectivity index (χ0) is 19.8. The van der Waals surface area contributed by atoms with Gasteiger partial charge in [0.25, 0.3) is 0 Å². The molecule has 2 rings (SSSR count). The Morgan fingerprint density at radius 3 is 2.38 bits per heavy atom. The van der Waals surface area contributed by atoms with Crippen molar-refractivity contribution >= 4 is 17.5 Å². The Bertz CT molecular complexity index is 498. The average molecular weight is 389 g/mol. The third-order valence-corrected chi connectivity index (χ3v) is 7.52. The van der Waals surface area contributed by atoms with Crippen LogP contribution in [-0.4, -0.2) is 57.7 Å². The van der Waals surface area contributed by atoms with Crippen LogP contribution in [0.1, 0.15) is 67.7 Å². The molecule has 0 aromatic rings. The van der Waals surface area contributed by atoms with Crippen LogP contribution in [0, 0.1) is 5.41 Å². The molecule has 0 radical (unpaired) electrons. The van der Waals surface area contributed by atoms with Gasteiger partial charge in [0.05, 0.1) is 18.8 Å². The third kappa shape index (κ3) is 4.86. The van der Waals surface area contributed by atoms with Gasteiger partial charge in [-0.15, -0.1) is 4.72 Å². The summed E-state index contributed by atoms with van der Waals surface area (Å²) in [5.41, 5.74) is -0.554. The summed E-state index contributed by atoms with van der Waals surface area (Å²) in [4.78, 5) is 14.1. The average Bonchev–Trinajstić information content (AvgIpc) is 2.83. The Kier molecular flexibility index (Phi) is 6.59. The summed E-state index contributed by atoms with van der Waals surface area (Å²) < 4.78 is 27.4. The predicted molar refractivity (Wildman–Crippen MR) is 104 cm³/mol. The lowest BCUT2D eigenvalue weighted by Gasteiger charge is -2.43. The van der Waals surface area contributed by atoms with E-state index >= 15 is 0 Å². The normalized spacial score (nSPS) is 27.6. The van der Waals surface area contributed by atoms with E-state index in [9.17, 15) is 9.35 Å². The van der Waals surface area contributed by atoms with E-state index in [-0.39, 0.29) is 28.4 Å². The van der Waals surface area contributed by atoms with Gasteiger partial charge in [0.1, 0.15) is 10.3 Å². The SMILES string of the molecule is CCC(C)(C)[S+]([O-])N[C@@H]1[C@@H](C)OCC12CCN(C(=O)OC(C)(C)C)CC2. The molecule has 6 nitrogen and oxygen atoms in total. The van der Waals surface area contributed by atoms with Gasteiger partial charge in [-0.2, -0.15) is 0 Å². The number of nitrogens with zero attached hydrogens (tertiary/aromatic N) is 1. The molecular formula is C19H36N2O4S. The van der Waals surface area contributed by atoms with Crippen molar-refractivity contribution in [3.05, 3.63) is 0 Å². The van der Waals surface area contributed by atoms with Crippen LogP contribution in [0.2, 0.25) is 0 Å². The van der Waals surface area contributed by atoms with Crippen LogP contribution in [0.4, 0.5) is 4.79 Å². The van der Waals surface area contributed by atoms with Crippen LogP contribution >= 0.6 is 0 Å². The molecule has 2 aliphatic rings. The van der Waals surface area contributed by atoms with Gasteiger partial charge in [-0.25, -0.2) is 4.79 Å². The van der Waals surface area contributed by atoms with Crippen molar-refractivity contribution < 1.29 is 18.8 Å². The Hall–Kier alpha value is -0.500. The molecule has 2 heterocycles. The summed E-state index contributed by atoms with van der Waals surface area (Å²) in [6.07, 6.45) is 2.27. The van der Waals surface area contributed by atoms with Crippen LogP contribution in [0.15, 0.2) is 0 Å². The fourth-order valence-electron chi connectivity index (χ4n) is 3.52. The Morgan fingerprint density at radius 2 is 1.88 bits per heavy atom. The van der Waals surface area contributed by atoms with E-state index in [1.165, 1.54) is 0 Å². The Labute approximate surface area is 161 Å². The maximum atomic E-state index is 12.8. The van der Waals surface area contributed by atoms with Crippen molar-refractivity contribution in [2.75, 3.05) is 19.7 Å². The largest absolute Gasteiger partial charge is 0.598 e. The summed E-state index contributed by atoms with van der Waals surface area (Å²) in [5.74, 6) is 0. The van der Waals surface area contributed by atoms with Gasteiger partial charge < -0.3 is 18.9 Å². The van der Waals surface area contributed by atoms with Gasteiger partial charge in [0.2, 0.25) is 0 Å². The Balaban J connectivity index is 2.02. The van der Waals surface area contributed by atoms with Gasteiger partial charge in [-0.05, 0) is 60.8 Å². The van der Waals surface area contributed by atoms with Crippen LogP contribution in [0.25, 0.3) is 0 Å². The number of amides is 1. The van der Waals surface area contributed by atoms with E-state index < -0.39 is 17.0 Å². The molecule has 0 aliphatic carbocycles. The van der Waals surface area contributed by atoms with Crippen molar-refractivity contribution in [3.8, 4) is 0 Å². The number of hydrogen-bond donors (Lipinski definition) is 1. The summed E-state index contributed by atoms with van der Waals surface area (Å²) in [7, 11) is 0. The molecule has 3 atom stereocenters. The maximum absolute atomic E-state index is 12.8. The molecule has 0 saturated carbocycles. The quantitative estimate of drug-likeness (QED) is 0.749. The highest BCUT2D eigenvalue weighted by molar-refractivity contribution is 7.90. The summed E-state index contributed by atoms with van der Waals surface area (Å²) in [5, 5.41) is 0. The molecule has 26 heavy (non-hydrogen) atoms. The molecule has 1 unspecified atom stereocenters. The summed E-state index contributed by atoms with van der Waals surface area (Å²) >= 11 is -1.13. The molecule has 2 aliphatic heterocycles. The predicted octanol–water partition coefficient (Wildman–Crippen LogP) is 3.23. The van der Waals surface area contributed by atoms with E-state index in [0.29, 0.717) is 19.7 Å². The Morgan fingerprint density at radius 1 is 1.31 bits per heavy atom. The molecule has 1 amide bonds. The first-order valence-electron chi connectivity index (χ1n) is 9.68. The highest BCUT2D eigenvalue weighted by atomic mass is 32.2. The van der Waals surface area contributed by atoms with Gasteiger partial charge in [-0.1, -0.05) is 6.92 Å². The monoisotopic (exact) mass is 388 g/mol. The molecule has 1 spiro atoms. The number of carbonyl (C=O) groups excluding carboxylic acids is 1. The fourth-order valence-corrected chi connectivity index (χ4v) is 4.78. The fraction of sp³-hybridized carbons (Fsp3) is 0.947. The summed E-state index contributed by atoms with van der Waals surface area (Å²) in [6.45, 7) is 15.7. The van der Waals surface area contributed by atoms with Crippen molar-refractivity contribution in [1.29, 1.82) is 0 Å². The second kappa shape index (κ2) is 7.86. The zero-order valence-electron chi connectivity index (χ0n) is 17.4. The first kappa shape index (κ1) is 21.8. The number of carbonyl (C=O) groups is 1. The van der Waals surface area contributed by atoms with E-state index in [1.54, 1.807) is 4.90 Å². The number of likely N-dealkylation sites (tertiary alicyclic amines) is 1. The van der Waals surface area contributed by atoms with Gasteiger partial charge in [-0.3, -0.25) is 0 Å². The lowest BCUT2D eigenvalue weighted by atomic mass is 9.73. The first-order valence-corrected chi connectivity index (χ1v) is 10.8. The topological polar surface area (TPSA) is 73.9 Å². The van der Waals surface area contributed by atoms with E-state index in [4.69, 9.17) is 9.47 Å². The van der Waals surface area contributed by atoms with E-state index in [2.05, 4.69) is 11.6 Å². The van der Waals surface area contributed by atoms with Gasteiger partial charge in [0.15, 0.2) is 0 Å². The molecule has 152 valence electrons. The standard InChI is InChI=1S/C19H36N2O4S/c1-8-18(6,7)26(23)20-15-14(2)24-13-19(15)9-11-21(12-10-19)16(22)25-17(3,4)5/h14-15,20H,8-13H2,1-7H3/t14-,15-,26?/m1/s1. The lowest BCUT2D eigenvalue weighted by molar-refractivity contribution is 0.00644. The zero-order valence-corrected chi connectivity index (χ0v) is 18.2. The second-order valence-corrected chi connectivity index (χ2v) is 11.2. The number of hydrogen-bond acceptors (Lipinski definition) is 5. The van der Waals surface area contributed by atoms with E-state index in [0.717, 1.165) is 19.3 Å². The number of rotatable bonds is 4. The van der Waals surface area contributed by atoms with E-state index in [1.807, 2.05) is 41.5 Å². The summed E-state index contributed by atoms with van der Waals surface area (Å²) in [6, 6.07) is 0.0370. The minimum Gasteiger partial charge on any atom is -0.598 e. The highest BCUT2D eigenvalue weighted by Crippen LogP contribution is 2.43. The van der Waals surface area contributed by atoms with Crippen LogP contribution in [-0.2, 0) is 20.8 Å². The molecule has 0 aromatic heterocycles. The molecule has 2 fully saturated rings. The molecule has 7 heteroatoms. The lowest BCUT2D eigenvalue weighted by Crippen LogP contribution is -2.57. The third-order valence-electron chi connectivity index (χ3n) is 5.76. The first-order chi connectivity index (χ1) is 11.9. The minimum absolute atomic E-state index is 0.0136. The highest BCUT2D eigenvalue weighted by Gasteiger charge is 2.53. The smallest absolute Gasteiger partial charge is 0.410 e. The van der Waals surface area contributed by atoms with Crippen molar-refractivity contribution in [1.82, 2.24) is 9.62 Å². The molecule has 0 bridgehead atoms. The van der Waals surface area contributed by atoms with Crippen molar-refractivity contribution in [2.24, 2.45) is 5.41 Å². The molecular weight excluding hydrogens is 352 g/mol. The van der Waals surface area contributed by atoms with Crippen molar-refractivity contribution in [2.45, 2.75) is 90.2 Å². The molecule has 1 N–H and O–H groups in total. The number of nitrogens with one attached hydrogen (secondary N) is 1. The maximum Gasteiger partial charge on any atom is 0.410 e. The van der Waals surface area contributed by atoms with Crippen LogP contribution in [0.3, 0.4) is 0 Å². The minimum atomic E-state index is -1.13. The van der Waals surface area contributed by atoms with Crippen LogP contribution in [0.5, 0.6) is 0 Å². The van der Waals surface area contributed by atoms with Crippen LogP contribution < -0.4 is 4.72 Å². The molecule has 0 aromatic carbocycles. The number of piperidine rings is 1. The van der Waals surface area contributed by atoms with Crippen molar-refractivity contribution in [3.63, 3.8) is 0 Å². The second-order valence-electron chi connectivity index (χ2n) is 9.32. The molecule has 2 saturated heterocycles. The van der Waals surface area contributed by atoms with Gasteiger partial charge in [0, 0.05) is 29.9 Å². The van der Waals surface area contributed by atoms with Gasteiger partial charge >= 0.3 is 6.09 Å².